The van der Waals surface area contributed by atoms with Crippen molar-refractivity contribution in [2.24, 2.45) is 0 Å². The van der Waals surface area contributed by atoms with E-state index in [1.165, 1.54) is 0 Å². The second kappa shape index (κ2) is 6.28. The van der Waals surface area contributed by atoms with E-state index in [1.807, 2.05) is 48.5 Å². The smallest absolute Gasteiger partial charge is 0.356 e. The van der Waals surface area contributed by atoms with Crippen LogP contribution in [0.2, 0.25) is 0 Å². The number of aromatic amines is 1. The van der Waals surface area contributed by atoms with Crippen LogP contribution in [-0.4, -0.2) is 22.5 Å². The van der Waals surface area contributed by atoms with Gasteiger partial charge in [-0.3, -0.25) is 0 Å². The van der Waals surface area contributed by atoms with Gasteiger partial charge in [-0.2, -0.15) is 0 Å². The van der Waals surface area contributed by atoms with Crippen LogP contribution in [0.1, 0.15) is 17.4 Å². The van der Waals surface area contributed by atoms with Crippen molar-refractivity contribution in [3.05, 3.63) is 66.5 Å². The molecule has 0 saturated heterocycles. The van der Waals surface area contributed by atoms with E-state index in [0.29, 0.717) is 6.61 Å². The Morgan fingerprint density at radius 2 is 1.92 bits per heavy atom. The van der Waals surface area contributed by atoms with Gasteiger partial charge in [-0.15, -0.1) is 0 Å². The molecule has 0 radical (unpaired) electrons. The third-order valence-electron chi connectivity index (χ3n) is 3.92. The predicted octanol–water partition coefficient (Wildman–Crippen LogP) is 4.69. The van der Waals surface area contributed by atoms with E-state index in [0.717, 1.165) is 33.3 Å². The summed E-state index contributed by atoms with van der Waals surface area (Å²) in [7, 11) is 0. The molecule has 0 amide bonds. The number of benzene rings is 2. The van der Waals surface area contributed by atoms with Crippen molar-refractivity contribution in [3.8, 4) is 11.5 Å². The molecule has 0 aliphatic heterocycles. The number of hydrogen-bond donors (Lipinski definition) is 1. The molecule has 25 heavy (non-hydrogen) atoms. The number of ether oxygens (including phenoxy) is 2. The van der Waals surface area contributed by atoms with Crippen molar-refractivity contribution in [1.82, 2.24) is 9.97 Å². The summed E-state index contributed by atoms with van der Waals surface area (Å²) in [5.74, 6) is 1.04. The van der Waals surface area contributed by atoms with Gasteiger partial charge in [0.05, 0.1) is 29.2 Å². The molecule has 124 valence electrons. The van der Waals surface area contributed by atoms with Crippen molar-refractivity contribution in [2.45, 2.75) is 6.92 Å². The van der Waals surface area contributed by atoms with E-state index < -0.39 is 5.97 Å². The standard InChI is InChI=1S/C20H16N2O3/c1-2-24-20(23)16-11-14-17(12-21-16)22-15-9-6-10-18(19(14)15)25-13-7-4-3-5-8-13/h3-12,22H,2H2,1H3. The number of esters is 1. The average Bonchev–Trinajstić information content (AvgIpc) is 3.01. The highest BCUT2D eigenvalue weighted by atomic mass is 16.5. The molecule has 0 bridgehead atoms. The molecule has 4 rings (SSSR count). The molecule has 2 aromatic carbocycles. The highest BCUT2D eigenvalue weighted by Gasteiger charge is 2.15. The summed E-state index contributed by atoms with van der Waals surface area (Å²) in [6.07, 6.45) is 1.65. The van der Waals surface area contributed by atoms with Gasteiger partial charge in [-0.1, -0.05) is 24.3 Å². The quantitative estimate of drug-likeness (QED) is 0.551. The highest BCUT2D eigenvalue weighted by Crippen LogP contribution is 2.35. The molecule has 4 aromatic rings. The summed E-state index contributed by atoms with van der Waals surface area (Å²) in [6.45, 7) is 2.09. The van der Waals surface area contributed by atoms with E-state index in [9.17, 15) is 4.79 Å². The summed E-state index contributed by atoms with van der Waals surface area (Å²) in [5, 5.41) is 1.79. The minimum absolute atomic E-state index is 0.282. The fourth-order valence-electron chi connectivity index (χ4n) is 2.84. The van der Waals surface area contributed by atoms with Gasteiger partial charge < -0.3 is 14.5 Å². The van der Waals surface area contributed by atoms with E-state index in [-0.39, 0.29) is 5.69 Å². The number of rotatable bonds is 4. The first-order valence-electron chi connectivity index (χ1n) is 8.06. The Bertz CT molecular complexity index is 1050. The van der Waals surface area contributed by atoms with Gasteiger partial charge in [0.1, 0.15) is 17.2 Å². The maximum Gasteiger partial charge on any atom is 0.356 e. The third kappa shape index (κ3) is 2.80. The minimum Gasteiger partial charge on any atom is -0.461 e. The summed E-state index contributed by atoms with van der Waals surface area (Å²) in [5.41, 5.74) is 2.04. The maximum absolute atomic E-state index is 12.0. The van der Waals surface area contributed by atoms with Crippen LogP contribution >= 0.6 is 0 Å². The van der Waals surface area contributed by atoms with E-state index >= 15 is 0 Å². The topological polar surface area (TPSA) is 64.2 Å². The summed E-state index contributed by atoms with van der Waals surface area (Å²) >= 11 is 0. The van der Waals surface area contributed by atoms with Crippen molar-refractivity contribution < 1.29 is 14.3 Å². The van der Waals surface area contributed by atoms with Crippen molar-refractivity contribution in [2.75, 3.05) is 6.61 Å². The first kappa shape index (κ1) is 15.2. The van der Waals surface area contributed by atoms with Crippen LogP contribution in [0, 0.1) is 0 Å². The normalized spacial score (nSPS) is 10.9. The molecule has 5 heteroatoms. The number of fused-ring (bicyclic) bond motifs is 3. The van der Waals surface area contributed by atoms with Gasteiger partial charge in [0, 0.05) is 5.39 Å². The fraction of sp³-hybridized carbons (Fsp3) is 0.100. The van der Waals surface area contributed by atoms with E-state index in [4.69, 9.17) is 9.47 Å². The number of H-pyrrole nitrogens is 1. The molecule has 1 N–H and O–H groups in total. The average molecular weight is 332 g/mol. The van der Waals surface area contributed by atoms with Gasteiger partial charge in [0.15, 0.2) is 0 Å². The van der Waals surface area contributed by atoms with E-state index in [1.54, 1.807) is 19.2 Å². The summed E-state index contributed by atoms with van der Waals surface area (Å²) < 4.78 is 11.1. The number of hydrogen-bond acceptors (Lipinski definition) is 4. The van der Waals surface area contributed by atoms with Crippen LogP contribution in [-0.2, 0) is 4.74 Å². The predicted molar refractivity (Wildman–Crippen MR) is 96.1 cm³/mol. The minimum atomic E-state index is -0.430. The Labute approximate surface area is 144 Å². The lowest BCUT2D eigenvalue weighted by molar-refractivity contribution is 0.0520. The lowest BCUT2D eigenvalue weighted by Crippen LogP contribution is -2.06. The van der Waals surface area contributed by atoms with Crippen LogP contribution in [0.3, 0.4) is 0 Å². The Balaban J connectivity index is 1.87. The molecular weight excluding hydrogens is 316 g/mol. The van der Waals surface area contributed by atoms with Gasteiger partial charge in [-0.05, 0) is 37.3 Å². The number of para-hydroxylation sites is 1. The van der Waals surface area contributed by atoms with Crippen molar-refractivity contribution in [3.63, 3.8) is 0 Å². The number of carbonyl (C=O) groups is 1. The Morgan fingerprint density at radius 3 is 2.72 bits per heavy atom. The zero-order valence-electron chi connectivity index (χ0n) is 13.7. The van der Waals surface area contributed by atoms with Crippen molar-refractivity contribution >= 4 is 27.8 Å². The van der Waals surface area contributed by atoms with Crippen LogP contribution in [0.5, 0.6) is 11.5 Å². The number of carbonyl (C=O) groups excluding carboxylic acids is 1. The van der Waals surface area contributed by atoms with E-state index in [2.05, 4.69) is 9.97 Å². The molecule has 0 fully saturated rings. The monoisotopic (exact) mass is 332 g/mol. The zero-order chi connectivity index (χ0) is 17.2. The third-order valence-corrected chi connectivity index (χ3v) is 3.92. The Morgan fingerprint density at radius 1 is 1.08 bits per heavy atom. The molecule has 0 unspecified atom stereocenters. The molecule has 2 heterocycles. The molecule has 0 saturated carbocycles. The second-order valence-electron chi connectivity index (χ2n) is 5.55. The maximum atomic E-state index is 12.0. The zero-order valence-corrected chi connectivity index (χ0v) is 13.7. The fourth-order valence-corrected chi connectivity index (χ4v) is 2.84. The molecule has 0 aliphatic carbocycles. The lowest BCUT2D eigenvalue weighted by atomic mass is 10.1. The van der Waals surface area contributed by atoms with Crippen LogP contribution in [0.25, 0.3) is 21.8 Å². The second-order valence-corrected chi connectivity index (χ2v) is 5.55. The first-order chi connectivity index (χ1) is 12.3. The van der Waals surface area contributed by atoms with Gasteiger partial charge in [0.2, 0.25) is 0 Å². The number of aromatic nitrogens is 2. The Hall–Kier alpha value is -3.34. The molecule has 0 atom stereocenters. The first-order valence-corrected chi connectivity index (χ1v) is 8.06. The summed E-state index contributed by atoms with van der Waals surface area (Å²) in [6, 6.07) is 17.1. The molecular formula is C20H16N2O3. The van der Waals surface area contributed by atoms with Crippen LogP contribution in [0.4, 0.5) is 0 Å². The molecule has 0 aliphatic rings. The van der Waals surface area contributed by atoms with Gasteiger partial charge in [-0.25, -0.2) is 9.78 Å². The van der Waals surface area contributed by atoms with Gasteiger partial charge in [0.25, 0.3) is 0 Å². The summed E-state index contributed by atoms with van der Waals surface area (Å²) in [4.78, 5) is 19.5. The number of nitrogens with one attached hydrogen (secondary N) is 1. The largest absolute Gasteiger partial charge is 0.461 e. The SMILES string of the molecule is CCOC(=O)c1cc2c(cn1)[nH]c1cccc(Oc3ccccc3)c12. The van der Waals surface area contributed by atoms with Crippen LogP contribution in [0.15, 0.2) is 60.8 Å². The van der Waals surface area contributed by atoms with Crippen molar-refractivity contribution in [1.29, 1.82) is 0 Å². The number of nitrogens with zero attached hydrogens (tertiary/aromatic N) is 1. The van der Waals surface area contributed by atoms with Gasteiger partial charge >= 0.3 is 5.97 Å². The molecule has 2 aromatic heterocycles. The lowest BCUT2D eigenvalue weighted by Gasteiger charge is -2.07. The van der Waals surface area contributed by atoms with Crippen LogP contribution < -0.4 is 4.74 Å². The molecule has 5 nitrogen and oxygen atoms in total. The molecule has 0 spiro atoms. The highest BCUT2D eigenvalue weighted by molar-refractivity contribution is 6.11. The number of pyridine rings is 1. The Kier molecular flexibility index (Phi) is 3.82.